The van der Waals surface area contributed by atoms with E-state index in [0.717, 1.165) is 52.0 Å². The molecule has 0 aliphatic rings. The fourth-order valence-corrected chi connectivity index (χ4v) is 5.53. The number of hydrogen-bond acceptors (Lipinski definition) is 3. The van der Waals surface area contributed by atoms with Crippen LogP contribution >= 0.6 is 15.9 Å². The van der Waals surface area contributed by atoms with Crippen LogP contribution in [0.25, 0.3) is 11.1 Å². The quantitative estimate of drug-likeness (QED) is 0.110. The first-order valence-electron chi connectivity index (χ1n) is 13.6. The lowest BCUT2D eigenvalue weighted by Crippen LogP contribution is -2.42. The molecule has 0 saturated heterocycles. The van der Waals surface area contributed by atoms with Crippen molar-refractivity contribution >= 4 is 44.8 Å². The fraction of sp³-hybridized carbons (Fsp3) is 0.355. The molecule has 2 atom stereocenters. The van der Waals surface area contributed by atoms with Crippen LogP contribution in [0.3, 0.4) is 0 Å². The Morgan fingerprint density at radius 3 is 2.08 bits per heavy atom. The van der Waals surface area contributed by atoms with Crippen LogP contribution in [0.15, 0.2) is 83.3 Å². The van der Waals surface area contributed by atoms with E-state index in [1.165, 1.54) is 5.56 Å². The summed E-state index contributed by atoms with van der Waals surface area (Å²) in [4.78, 5) is 24.2. The Labute approximate surface area is 247 Å². The summed E-state index contributed by atoms with van der Waals surface area (Å²) in [6.45, 7) is 0.448. The summed E-state index contributed by atoms with van der Waals surface area (Å²) in [5.41, 5.74) is 3.58. The first-order chi connectivity index (χ1) is 19.3. The molecule has 3 aromatic rings. The van der Waals surface area contributed by atoms with Crippen LogP contribution in [0.2, 0.25) is 0 Å². The van der Waals surface area contributed by atoms with E-state index in [1.807, 2.05) is 30.3 Å². The van der Waals surface area contributed by atoms with Gasteiger partial charge in [0, 0.05) is 17.4 Å². The Balaban J connectivity index is 1.39. The molecule has 3 rings (SSSR count). The minimum absolute atomic E-state index is 0.00166. The number of rotatable bonds is 17. The highest BCUT2D eigenvalue weighted by Gasteiger charge is 2.29. The van der Waals surface area contributed by atoms with E-state index in [-0.39, 0.29) is 12.3 Å². The minimum Gasteiger partial charge on any atom is -0.480 e. The van der Waals surface area contributed by atoms with E-state index < -0.39 is 23.3 Å². The molecule has 40 heavy (non-hydrogen) atoms. The maximum atomic E-state index is 12.2. The topological polar surface area (TPSA) is 107 Å². The first kappa shape index (κ1) is 31.5. The maximum absolute atomic E-state index is 12.2. The summed E-state index contributed by atoms with van der Waals surface area (Å²) in [7, 11) is 0. The molecular formula is C31H37BrN2O5S. The minimum atomic E-state index is -2.51. The Kier molecular flexibility index (Phi) is 13.4. The van der Waals surface area contributed by atoms with Gasteiger partial charge in [0.15, 0.2) is 0 Å². The van der Waals surface area contributed by atoms with Gasteiger partial charge < -0.3 is 10.4 Å². The number of nitrogens with one attached hydrogen (secondary N) is 1. The van der Waals surface area contributed by atoms with Crippen LogP contribution in [0.1, 0.15) is 56.9 Å². The number of unbranched alkanes of at least 4 members (excludes halogenated alkanes) is 4. The second-order valence-electron chi connectivity index (χ2n) is 9.71. The number of carboxylic acids is 1. The molecule has 0 saturated carbocycles. The van der Waals surface area contributed by atoms with Gasteiger partial charge >= 0.3 is 5.97 Å². The number of benzene rings is 3. The zero-order valence-electron chi connectivity index (χ0n) is 22.5. The molecule has 0 radical (unpaired) electrons. The summed E-state index contributed by atoms with van der Waals surface area (Å²) >= 11 is 0.896. The molecule has 0 aliphatic heterocycles. The van der Waals surface area contributed by atoms with E-state index in [2.05, 4.69) is 45.5 Å². The van der Waals surface area contributed by atoms with Crippen LogP contribution in [0.4, 0.5) is 5.69 Å². The normalized spacial score (nSPS) is 12.4. The van der Waals surface area contributed by atoms with Crippen LogP contribution in [-0.4, -0.2) is 38.3 Å². The van der Waals surface area contributed by atoms with Crippen molar-refractivity contribution in [3.05, 3.63) is 88.9 Å². The summed E-state index contributed by atoms with van der Waals surface area (Å²) in [5, 5.41) is 12.7. The van der Waals surface area contributed by atoms with Gasteiger partial charge in [-0.1, -0.05) is 83.4 Å². The maximum Gasteiger partial charge on any atom is 0.327 e. The van der Waals surface area contributed by atoms with Gasteiger partial charge in [0.05, 0.1) is 5.69 Å². The van der Waals surface area contributed by atoms with Crippen molar-refractivity contribution in [2.45, 2.75) is 63.8 Å². The van der Waals surface area contributed by atoms with Crippen molar-refractivity contribution in [1.29, 1.82) is 0 Å². The summed E-state index contributed by atoms with van der Waals surface area (Å²) in [5.74, 6) is -1.17. The number of nitrogens with zero attached hydrogens (tertiary/aromatic N) is 1. The van der Waals surface area contributed by atoms with Crippen molar-refractivity contribution in [3.63, 3.8) is 0 Å². The van der Waals surface area contributed by atoms with Gasteiger partial charge in [0.1, 0.15) is 6.04 Å². The molecule has 3 aromatic carbocycles. The molecule has 0 spiro atoms. The third-order valence-corrected chi connectivity index (χ3v) is 8.05. The van der Waals surface area contributed by atoms with Crippen molar-refractivity contribution in [2.24, 2.45) is 0 Å². The van der Waals surface area contributed by atoms with Gasteiger partial charge in [0.2, 0.25) is 5.91 Å². The van der Waals surface area contributed by atoms with Crippen LogP contribution < -0.4 is 9.62 Å². The Morgan fingerprint density at radius 2 is 1.45 bits per heavy atom. The second kappa shape index (κ2) is 16.9. The molecule has 7 nitrogen and oxygen atoms in total. The highest BCUT2D eigenvalue weighted by Crippen LogP contribution is 2.27. The molecule has 0 bridgehead atoms. The number of carbonyl (C=O) groups excluding carboxylic acids is 1. The predicted molar refractivity (Wildman–Crippen MR) is 164 cm³/mol. The number of hydrogen-bond donors (Lipinski definition) is 3. The number of aryl methyl sites for hydroxylation is 1. The zero-order valence-corrected chi connectivity index (χ0v) is 24.9. The lowest BCUT2D eigenvalue weighted by molar-refractivity contribution is -0.138. The molecule has 0 fully saturated rings. The Morgan fingerprint density at radius 1 is 0.825 bits per heavy atom. The zero-order chi connectivity index (χ0) is 28.7. The van der Waals surface area contributed by atoms with Crippen LogP contribution in [-0.2, 0) is 27.3 Å². The first-order valence-corrected chi connectivity index (χ1v) is 15.5. The van der Waals surface area contributed by atoms with Gasteiger partial charge in [-0.3, -0.25) is 13.7 Å². The average molecular weight is 630 g/mol. The average Bonchev–Trinajstić information content (AvgIpc) is 2.95. The smallest absolute Gasteiger partial charge is 0.327 e. The molecule has 0 heterocycles. The van der Waals surface area contributed by atoms with E-state index in [1.54, 1.807) is 24.3 Å². The lowest BCUT2D eigenvalue weighted by atomic mass is 10.0. The van der Waals surface area contributed by atoms with E-state index >= 15 is 0 Å². The molecular weight excluding hydrogens is 592 g/mol. The number of amides is 1. The number of carbonyl (C=O) groups is 2. The summed E-state index contributed by atoms with van der Waals surface area (Å²) in [6, 6.07) is 23.9. The van der Waals surface area contributed by atoms with Crippen LogP contribution in [0.5, 0.6) is 0 Å². The number of aliphatic carboxylic acids is 1. The standard InChI is InChI=1S/C31H37BrN2O5S/c32-27-19-15-25(16-20-27)26-17-21-28(22-18-26)34(40(38)39)29(31(36)37)13-8-9-23-33-30(35)14-7-2-1-4-10-24-11-5-3-6-12-24/h3,5-6,11-12,15-22,29H,1-2,4,7-10,13-14,23H2,(H,33,35)(H,36,37)(H,38,39). The Bertz CT molecular complexity index is 1220. The van der Waals surface area contributed by atoms with E-state index in [0.29, 0.717) is 31.5 Å². The number of halogens is 1. The van der Waals surface area contributed by atoms with E-state index in [4.69, 9.17) is 0 Å². The molecule has 214 valence electrons. The summed E-state index contributed by atoms with van der Waals surface area (Å²) < 4.78 is 24.1. The van der Waals surface area contributed by atoms with Gasteiger partial charge in [-0.15, -0.1) is 0 Å². The molecule has 3 N–H and O–H groups in total. The van der Waals surface area contributed by atoms with Crippen LogP contribution in [0, 0.1) is 0 Å². The molecule has 0 aliphatic carbocycles. The van der Waals surface area contributed by atoms with Crippen molar-refractivity contribution < 1.29 is 23.5 Å². The Hall–Kier alpha value is -3.01. The molecule has 1 amide bonds. The third-order valence-electron chi connectivity index (χ3n) is 6.72. The SMILES string of the molecule is O=C(CCCCCCc1ccccc1)NCCCCC(C(=O)O)N(c1ccc(-c2ccc(Br)cc2)cc1)S(=O)O. The van der Waals surface area contributed by atoms with Gasteiger partial charge in [-0.05, 0) is 79.5 Å². The van der Waals surface area contributed by atoms with E-state index in [9.17, 15) is 23.5 Å². The molecule has 0 aromatic heterocycles. The van der Waals surface area contributed by atoms with Crippen molar-refractivity contribution in [2.75, 3.05) is 10.8 Å². The highest BCUT2D eigenvalue weighted by atomic mass is 79.9. The predicted octanol–water partition coefficient (Wildman–Crippen LogP) is 6.99. The number of anilines is 1. The summed E-state index contributed by atoms with van der Waals surface area (Å²) in [6.07, 6.45) is 6.85. The molecule has 2 unspecified atom stereocenters. The largest absolute Gasteiger partial charge is 0.480 e. The molecule has 9 heteroatoms. The van der Waals surface area contributed by atoms with Gasteiger partial charge in [-0.25, -0.2) is 9.00 Å². The van der Waals surface area contributed by atoms with Gasteiger partial charge in [-0.2, -0.15) is 0 Å². The lowest BCUT2D eigenvalue weighted by Gasteiger charge is -2.27. The third kappa shape index (κ3) is 10.5. The monoisotopic (exact) mass is 628 g/mol. The fourth-order valence-electron chi connectivity index (χ4n) is 4.55. The second-order valence-corrected chi connectivity index (χ2v) is 11.5. The van der Waals surface area contributed by atoms with Gasteiger partial charge in [0.25, 0.3) is 11.3 Å². The van der Waals surface area contributed by atoms with Crippen molar-refractivity contribution in [1.82, 2.24) is 5.32 Å². The highest BCUT2D eigenvalue weighted by molar-refractivity contribution is 9.10. The van der Waals surface area contributed by atoms with Crippen molar-refractivity contribution in [3.8, 4) is 11.1 Å². The number of carboxylic acid groups (broad SMARTS) is 1.